The number of hydrogen-bond acceptors (Lipinski definition) is 6. The first-order valence-electron chi connectivity index (χ1n) is 5.89. The van der Waals surface area contributed by atoms with Gasteiger partial charge in [-0.25, -0.2) is 9.97 Å². The highest BCUT2D eigenvalue weighted by atomic mass is 16.5. The highest BCUT2D eigenvalue weighted by Crippen LogP contribution is 2.04. The average molecular weight is 251 g/mol. The van der Waals surface area contributed by atoms with Crippen molar-refractivity contribution in [2.75, 3.05) is 38.1 Å². The van der Waals surface area contributed by atoms with Crippen LogP contribution in [0.5, 0.6) is 0 Å². The van der Waals surface area contributed by atoms with Gasteiger partial charge >= 0.3 is 0 Å². The molecule has 1 amide bonds. The number of nitrogens with one attached hydrogen (secondary N) is 1. The fourth-order valence-corrected chi connectivity index (χ4v) is 1.80. The van der Waals surface area contributed by atoms with Crippen LogP contribution in [-0.4, -0.2) is 59.7 Å². The number of nitrogens with zero attached hydrogens (tertiary/aromatic N) is 3. The fraction of sp³-hybridized carbons (Fsp3) is 0.545. The lowest BCUT2D eigenvalue weighted by Crippen LogP contribution is -2.48. The summed E-state index contributed by atoms with van der Waals surface area (Å²) in [7, 11) is 0. The second-order valence-corrected chi connectivity index (χ2v) is 4.08. The summed E-state index contributed by atoms with van der Waals surface area (Å²) in [4.78, 5) is 21.7. The summed E-state index contributed by atoms with van der Waals surface area (Å²) < 4.78 is 5.43. The van der Waals surface area contributed by atoms with E-state index in [4.69, 9.17) is 10.5 Å². The molecule has 0 radical (unpaired) electrons. The van der Waals surface area contributed by atoms with Crippen molar-refractivity contribution in [3.63, 3.8) is 0 Å². The standard InChI is InChI=1S/C11H17N5O2/c12-6-9-7-16(4-5-18-9)8-10(17)15-11-13-2-1-3-14-11/h1-3,9H,4-8,12H2,(H,13,14,15,17). The van der Waals surface area contributed by atoms with E-state index in [-0.39, 0.29) is 12.0 Å². The van der Waals surface area contributed by atoms with Crippen molar-refractivity contribution in [2.45, 2.75) is 6.10 Å². The SMILES string of the molecule is NCC1CN(CC(=O)Nc2ncccn2)CCO1. The Balaban J connectivity index is 1.80. The minimum Gasteiger partial charge on any atom is -0.374 e. The van der Waals surface area contributed by atoms with Gasteiger partial charge < -0.3 is 10.5 Å². The van der Waals surface area contributed by atoms with E-state index in [0.29, 0.717) is 32.2 Å². The van der Waals surface area contributed by atoms with Gasteiger partial charge in [-0.05, 0) is 6.07 Å². The van der Waals surface area contributed by atoms with Crippen LogP contribution in [0.1, 0.15) is 0 Å². The largest absolute Gasteiger partial charge is 0.374 e. The van der Waals surface area contributed by atoms with Crippen molar-refractivity contribution in [2.24, 2.45) is 5.73 Å². The smallest absolute Gasteiger partial charge is 0.240 e. The Morgan fingerprint density at radius 3 is 3.06 bits per heavy atom. The minimum absolute atomic E-state index is 0.0134. The van der Waals surface area contributed by atoms with Gasteiger partial charge in [0.1, 0.15) is 0 Å². The second kappa shape index (κ2) is 6.39. The van der Waals surface area contributed by atoms with Gasteiger partial charge in [0.25, 0.3) is 0 Å². The zero-order valence-electron chi connectivity index (χ0n) is 10.1. The lowest BCUT2D eigenvalue weighted by atomic mass is 10.2. The van der Waals surface area contributed by atoms with Crippen molar-refractivity contribution >= 4 is 11.9 Å². The molecule has 18 heavy (non-hydrogen) atoms. The Bertz CT molecular complexity index is 386. The van der Waals surface area contributed by atoms with Crippen molar-refractivity contribution < 1.29 is 9.53 Å². The molecule has 0 aliphatic carbocycles. The van der Waals surface area contributed by atoms with Crippen molar-refractivity contribution in [1.29, 1.82) is 0 Å². The van der Waals surface area contributed by atoms with Gasteiger partial charge in [0.2, 0.25) is 11.9 Å². The van der Waals surface area contributed by atoms with E-state index >= 15 is 0 Å². The molecular weight excluding hydrogens is 234 g/mol. The Labute approximate surface area is 105 Å². The molecule has 1 aliphatic heterocycles. The molecule has 2 heterocycles. The van der Waals surface area contributed by atoms with Gasteiger partial charge in [0.05, 0.1) is 19.3 Å². The van der Waals surface area contributed by atoms with Crippen LogP contribution in [0.4, 0.5) is 5.95 Å². The molecule has 1 fully saturated rings. The number of hydrogen-bond donors (Lipinski definition) is 2. The average Bonchev–Trinajstić information content (AvgIpc) is 2.40. The van der Waals surface area contributed by atoms with E-state index < -0.39 is 0 Å². The molecule has 7 heteroatoms. The van der Waals surface area contributed by atoms with Crippen LogP contribution in [0.3, 0.4) is 0 Å². The summed E-state index contributed by atoms with van der Waals surface area (Å²) in [5.41, 5.74) is 5.55. The van der Waals surface area contributed by atoms with E-state index in [2.05, 4.69) is 15.3 Å². The van der Waals surface area contributed by atoms with Crippen LogP contribution in [0.25, 0.3) is 0 Å². The first kappa shape index (κ1) is 12.9. The highest BCUT2D eigenvalue weighted by Gasteiger charge is 2.21. The molecule has 0 spiro atoms. The molecule has 0 aromatic carbocycles. The summed E-state index contributed by atoms with van der Waals surface area (Å²) in [6, 6.07) is 1.70. The van der Waals surface area contributed by atoms with Crippen molar-refractivity contribution in [1.82, 2.24) is 14.9 Å². The number of aromatic nitrogens is 2. The van der Waals surface area contributed by atoms with Gasteiger partial charge in [-0.1, -0.05) is 0 Å². The fourth-order valence-electron chi connectivity index (χ4n) is 1.80. The van der Waals surface area contributed by atoms with Crippen LogP contribution >= 0.6 is 0 Å². The molecule has 1 saturated heterocycles. The van der Waals surface area contributed by atoms with Crippen LogP contribution in [0.2, 0.25) is 0 Å². The van der Waals surface area contributed by atoms with Gasteiger partial charge in [-0.15, -0.1) is 0 Å². The third-order valence-electron chi connectivity index (χ3n) is 2.67. The molecule has 3 N–H and O–H groups in total. The van der Waals surface area contributed by atoms with Crippen molar-refractivity contribution in [3.8, 4) is 0 Å². The molecule has 1 aliphatic rings. The maximum atomic E-state index is 11.8. The lowest BCUT2D eigenvalue weighted by molar-refractivity contribution is -0.119. The zero-order chi connectivity index (χ0) is 12.8. The van der Waals surface area contributed by atoms with Gasteiger partial charge in [0, 0.05) is 32.0 Å². The van der Waals surface area contributed by atoms with E-state index in [1.807, 2.05) is 4.90 Å². The van der Waals surface area contributed by atoms with Crippen molar-refractivity contribution in [3.05, 3.63) is 18.5 Å². The number of ether oxygens (including phenoxy) is 1. The van der Waals surface area contributed by atoms with Crippen LogP contribution in [0.15, 0.2) is 18.5 Å². The molecule has 1 unspecified atom stereocenters. The normalized spacial score (nSPS) is 20.6. The summed E-state index contributed by atoms with van der Waals surface area (Å²) in [5, 5.41) is 2.65. The monoisotopic (exact) mass is 251 g/mol. The third kappa shape index (κ3) is 3.73. The Morgan fingerprint density at radius 2 is 2.33 bits per heavy atom. The lowest BCUT2D eigenvalue weighted by Gasteiger charge is -2.31. The second-order valence-electron chi connectivity index (χ2n) is 4.08. The summed E-state index contributed by atoms with van der Waals surface area (Å²) in [6.45, 7) is 2.80. The number of morpholine rings is 1. The number of rotatable bonds is 4. The van der Waals surface area contributed by atoms with Crippen LogP contribution < -0.4 is 11.1 Å². The molecule has 7 nitrogen and oxygen atoms in total. The highest BCUT2D eigenvalue weighted by molar-refractivity contribution is 5.90. The van der Waals surface area contributed by atoms with Gasteiger partial charge in [-0.3, -0.25) is 15.0 Å². The molecule has 1 aromatic rings. The molecule has 1 aromatic heterocycles. The summed E-state index contributed by atoms with van der Waals surface area (Å²) in [6.07, 6.45) is 3.18. The van der Waals surface area contributed by atoms with Gasteiger partial charge in [-0.2, -0.15) is 0 Å². The first-order valence-corrected chi connectivity index (χ1v) is 5.89. The molecule has 1 atom stereocenters. The van der Waals surface area contributed by atoms with Crippen LogP contribution in [-0.2, 0) is 9.53 Å². The topological polar surface area (TPSA) is 93.4 Å². The zero-order valence-corrected chi connectivity index (χ0v) is 10.1. The molecule has 0 saturated carbocycles. The predicted octanol–water partition coefficient (Wildman–Crippen LogP) is -0.925. The number of anilines is 1. The molecular formula is C11H17N5O2. The van der Waals surface area contributed by atoms with E-state index in [1.54, 1.807) is 18.5 Å². The van der Waals surface area contributed by atoms with E-state index in [9.17, 15) is 4.79 Å². The Morgan fingerprint density at radius 1 is 1.56 bits per heavy atom. The van der Waals surface area contributed by atoms with E-state index in [1.165, 1.54) is 0 Å². The molecule has 98 valence electrons. The van der Waals surface area contributed by atoms with Crippen LogP contribution in [0, 0.1) is 0 Å². The summed E-state index contributed by atoms with van der Waals surface area (Å²) >= 11 is 0. The van der Waals surface area contributed by atoms with Gasteiger partial charge in [0.15, 0.2) is 0 Å². The Kier molecular flexibility index (Phi) is 4.57. The molecule has 0 bridgehead atoms. The predicted molar refractivity (Wildman–Crippen MR) is 65.9 cm³/mol. The quantitative estimate of drug-likeness (QED) is 0.718. The number of carbonyl (C=O) groups excluding carboxylic acids is 1. The number of amides is 1. The number of carbonyl (C=O) groups is 1. The Hall–Kier alpha value is -1.57. The summed E-state index contributed by atoms with van der Waals surface area (Å²) in [5.74, 6) is 0.199. The molecule has 2 rings (SSSR count). The maximum Gasteiger partial charge on any atom is 0.240 e. The first-order chi connectivity index (χ1) is 8.78. The third-order valence-corrected chi connectivity index (χ3v) is 2.67. The van der Waals surface area contributed by atoms with E-state index in [0.717, 1.165) is 6.54 Å². The minimum atomic E-state index is -0.126. The number of nitrogens with two attached hydrogens (primary N) is 1. The maximum absolute atomic E-state index is 11.8.